The smallest absolute Gasteiger partial charge is 0.0983 e. The Morgan fingerprint density at radius 1 is 1.21 bits per heavy atom. The molecule has 6 nitrogen and oxygen atoms in total. The molecule has 126 valence electrons. The fourth-order valence-corrected chi connectivity index (χ4v) is 2.74. The minimum Gasteiger partial charge on any atom is -0.308 e. The molecule has 6 heteroatoms. The van der Waals surface area contributed by atoms with Crippen LogP contribution in [0.1, 0.15) is 31.0 Å². The Morgan fingerprint density at radius 3 is 2.71 bits per heavy atom. The Bertz CT molecular complexity index is 789. The molecule has 3 rings (SSSR count). The van der Waals surface area contributed by atoms with E-state index in [1.165, 1.54) is 11.1 Å². The normalized spacial score (nSPS) is 13.8. The first kappa shape index (κ1) is 16.4. The summed E-state index contributed by atoms with van der Waals surface area (Å²) in [6.07, 6.45) is 9.66. The molecular weight excluding hydrogens is 300 g/mol. The van der Waals surface area contributed by atoms with Crippen LogP contribution in [0, 0.1) is 6.92 Å². The van der Waals surface area contributed by atoms with Gasteiger partial charge in [0, 0.05) is 55.5 Å². The summed E-state index contributed by atoms with van der Waals surface area (Å²) in [5.41, 5.74) is 4.37. The molecular formula is C18H24N6. The SMILES string of the molecule is Cc1cnn(C(C)C(C)NCc2cn(C)nc2-c2cccnc2)c1. The van der Waals surface area contributed by atoms with E-state index >= 15 is 0 Å². The average molecular weight is 324 g/mol. The third-order valence-electron chi connectivity index (χ3n) is 4.33. The zero-order valence-electron chi connectivity index (χ0n) is 14.6. The van der Waals surface area contributed by atoms with Gasteiger partial charge in [-0.05, 0) is 38.5 Å². The lowest BCUT2D eigenvalue weighted by Crippen LogP contribution is -2.33. The van der Waals surface area contributed by atoms with E-state index in [-0.39, 0.29) is 12.1 Å². The fourth-order valence-electron chi connectivity index (χ4n) is 2.74. The molecule has 3 heterocycles. The summed E-state index contributed by atoms with van der Waals surface area (Å²) >= 11 is 0. The second-order valence-corrected chi connectivity index (χ2v) is 6.33. The standard InChI is InChI=1S/C18H24N6/c1-13-8-21-24(11-13)15(3)14(2)20-10-17-12-23(4)22-18(17)16-6-5-7-19-9-16/h5-9,11-12,14-15,20H,10H2,1-4H3. The van der Waals surface area contributed by atoms with Crippen LogP contribution >= 0.6 is 0 Å². The van der Waals surface area contributed by atoms with Gasteiger partial charge in [0.2, 0.25) is 0 Å². The van der Waals surface area contributed by atoms with E-state index in [0.717, 1.165) is 17.8 Å². The van der Waals surface area contributed by atoms with E-state index in [4.69, 9.17) is 0 Å². The minimum absolute atomic E-state index is 0.275. The molecule has 0 aliphatic heterocycles. The van der Waals surface area contributed by atoms with Crippen molar-refractivity contribution in [3.05, 3.63) is 54.2 Å². The Balaban J connectivity index is 1.71. The molecule has 0 amide bonds. The number of nitrogens with zero attached hydrogens (tertiary/aromatic N) is 5. The number of rotatable bonds is 6. The first-order valence-corrected chi connectivity index (χ1v) is 8.21. The number of hydrogen-bond donors (Lipinski definition) is 1. The molecule has 0 aliphatic carbocycles. The van der Waals surface area contributed by atoms with E-state index in [1.54, 1.807) is 6.20 Å². The maximum absolute atomic E-state index is 4.58. The van der Waals surface area contributed by atoms with Crippen LogP contribution in [0.25, 0.3) is 11.3 Å². The maximum Gasteiger partial charge on any atom is 0.0983 e. The fraction of sp³-hybridized carbons (Fsp3) is 0.389. The van der Waals surface area contributed by atoms with Crippen LogP contribution in [-0.2, 0) is 13.6 Å². The first-order chi connectivity index (χ1) is 11.5. The Hall–Kier alpha value is -2.47. The van der Waals surface area contributed by atoms with Crippen LogP contribution in [-0.4, -0.2) is 30.6 Å². The molecule has 0 radical (unpaired) electrons. The van der Waals surface area contributed by atoms with Crippen molar-refractivity contribution in [3.8, 4) is 11.3 Å². The second-order valence-electron chi connectivity index (χ2n) is 6.33. The summed E-state index contributed by atoms with van der Waals surface area (Å²) in [6, 6.07) is 4.53. The Kier molecular flexibility index (Phi) is 4.76. The van der Waals surface area contributed by atoms with Gasteiger partial charge in [0.05, 0.1) is 17.9 Å². The van der Waals surface area contributed by atoms with Crippen molar-refractivity contribution in [2.75, 3.05) is 0 Å². The summed E-state index contributed by atoms with van der Waals surface area (Å²) in [6.45, 7) is 7.17. The highest BCUT2D eigenvalue weighted by atomic mass is 15.3. The van der Waals surface area contributed by atoms with Gasteiger partial charge in [-0.1, -0.05) is 0 Å². The predicted molar refractivity (Wildman–Crippen MR) is 94.4 cm³/mol. The quantitative estimate of drug-likeness (QED) is 0.757. The van der Waals surface area contributed by atoms with Crippen molar-refractivity contribution in [2.24, 2.45) is 7.05 Å². The van der Waals surface area contributed by atoms with Crippen LogP contribution in [0.3, 0.4) is 0 Å². The summed E-state index contributed by atoms with van der Waals surface area (Å²) in [7, 11) is 1.95. The van der Waals surface area contributed by atoms with Gasteiger partial charge in [0.15, 0.2) is 0 Å². The number of aromatic nitrogens is 5. The first-order valence-electron chi connectivity index (χ1n) is 8.21. The number of pyridine rings is 1. The van der Waals surface area contributed by atoms with Crippen LogP contribution < -0.4 is 5.32 Å². The summed E-state index contributed by atoms with van der Waals surface area (Å²) in [4.78, 5) is 4.20. The Morgan fingerprint density at radius 2 is 2.04 bits per heavy atom. The van der Waals surface area contributed by atoms with Crippen molar-refractivity contribution in [1.82, 2.24) is 29.9 Å². The van der Waals surface area contributed by atoms with Gasteiger partial charge in [0.25, 0.3) is 0 Å². The van der Waals surface area contributed by atoms with Crippen molar-refractivity contribution >= 4 is 0 Å². The van der Waals surface area contributed by atoms with Crippen LogP contribution in [0.5, 0.6) is 0 Å². The lowest BCUT2D eigenvalue weighted by molar-refractivity contribution is 0.365. The molecule has 24 heavy (non-hydrogen) atoms. The highest BCUT2D eigenvalue weighted by Gasteiger charge is 2.16. The zero-order chi connectivity index (χ0) is 17.1. The molecule has 2 unspecified atom stereocenters. The molecule has 0 saturated carbocycles. The van der Waals surface area contributed by atoms with Crippen molar-refractivity contribution in [2.45, 2.75) is 39.4 Å². The molecule has 0 bridgehead atoms. The molecule has 0 aliphatic rings. The summed E-state index contributed by atoms with van der Waals surface area (Å²) in [5, 5.41) is 12.6. The molecule has 0 spiro atoms. The highest BCUT2D eigenvalue weighted by Crippen LogP contribution is 2.21. The molecule has 3 aromatic heterocycles. The summed E-state index contributed by atoms with van der Waals surface area (Å²) in [5.74, 6) is 0. The van der Waals surface area contributed by atoms with Crippen molar-refractivity contribution in [3.63, 3.8) is 0 Å². The van der Waals surface area contributed by atoms with E-state index in [1.807, 2.05) is 40.9 Å². The third kappa shape index (κ3) is 3.54. The monoisotopic (exact) mass is 324 g/mol. The van der Waals surface area contributed by atoms with Crippen molar-refractivity contribution in [1.29, 1.82) is 0 Å². The Labute approximate surface area is 142 Å². The van der Waals surface area contributed by atoms with Gasteiger partial charge in [-0.15, -0.1) is 0 Å². The number of nitrogens with one attached hydrogen (secondary N) is 1. The highest BCUT2D eigenvalue weighted by molar-refractivity contribution is 5.61. The molecule has 0 aromatic carbocycles. The second kappa shape index (κ2) is 6.97. The average Bonchev–Trinajstić information content (AvgIpc) is 3.18. The zero-order valence-corrected chi connectivity index (χ0v) is 14.6. The van der Waals surface area contributed by atoms with Gasteiger partial charge in [-0.3, -0.25) is 14.3 Å². The van der Waals surface area contributed by atoms with Crippen molar-refractivity contribution < 1.29 is 0 Å². The van der Waals surface area contributed by atoms with E-state index in [0.29, 0.717) is 0 Å². The lowest BCUT2D eigenvalue weighted by atomic mass is 10.1. The topological polar surface area (TPSA) is 60.6 Å². The lowest BCUT2D eigenvalue weighted by Gasteiger charge is -2.21. The largest absolute Gasteiger partial charge is 0.308 e. The van der Waals surface area contributed by atoms with Gasteiger partial charge < -0.3 is 5.32 Å². The van der Waals surface area contributed by atoms with Gasteiger partial charge >= 0.3 is 0 Å². The van der Waals surface area contributed by atoms with Gasteiger partial charge in [0.1, 0.15) is 0 Å². The molecule has 1 N–H and O–H groups in total. The maximum atomic E-state index is 4.58. The van der Waals surface area contributed by atoms with E-state index < -0.39 is 0 Å². The predicted octanol–water partition coefficient (Wildman–Crippen LogP) is 2.73. The van der Waals surface area contributed by atoms with E-state index in [2.05, 4.69) is 53.7 Å². The molecule has 3 aromatic rings. The minimum atomic E-state index is 0.275. The molecule has 0 saturated heterocycles. The third-order valence-corrected chi connectivity index (χ3v) is 4.33. The van der Waals surface area contributed by atoms with E-state index in [9.17, 15) is 0 Å². The van der Waals surface area contributed by atoms with Crippen LogP contribution in [0.15, 0.2) is 43.1 Å². The number of hydrogen-bond acceptors (Lipinski definition) is 4. The van der Waals surface area contributed by atoms with Crippen LogP contribution in [0.2, 0.25) is 0 Å². The molecule has 0 fully saturated rings. The molecule has 2 atom stereocenters. The van der Waals surface area contributed by atoms with Gasteiger partial charge in [-0.2, -0.15) is 10.2 Å². The number of aryl methyl sites for hydroxylation is 2. The summed E-state index contributed by atoms with van der Waals surface area (Å²) < 4.78 is 3.86. The van der Waals surface area contributed by atoms with Crippen LogP contribution in [0.4, 0.5) is 0 Å². The van der Waals surface area contributed by atoms with Gasteiger partial charge in [-0.25, -0.2) is 0 Å².